The number of likely N-dealkylation sites (tertiary alicyclic amines) is 3. The van der Waals surface area contributed by atoms with E-state index in [1.165, 1.54) is 174 Å². The van der Waals surface area contributed by atoms with Gasteiger partial charge in [0.1, 0.15) is 0 Å². The predicted octanol–water partition coefficient (Wildman–Crippen LogP) is 11.5. The van der Waals surface area contributed by atoms with Crippen LogP contribution in [0.2, 0.25) is 0 Å². The number of hydrogen-bond acceptors (Lipinski definition) is 8. The highest BCUT2D eigenvalue weighted by Crippen LogP contribution is 2.51. The van der Waals surface area contributed by atoms with Crippen LogP contribution in [0.4, 0.5) is 0 Å². The lowest BCUT2D eigenvalue weighted by Gasteiger charge is -2.57. The topological polar surface area (TPSA) is 61.1 Å². The fourth-order valence-electron chi connectivity index (χ4n) is 16.4. The molecule has 412 valence electrons. The Labute approximate surface area is 437 Å². The third-order valence-corrected chi connectivity index (χ3v) is 20.7. The van der Waals surface area contributed by atoms with Gasteiger partial charge in [-0.1, -0.05) is 93.9 Å². The zero-order valence-electron chi connectivity index (χ0n) is 49.8. The van der Waals surface area contributed by atoms with Crippen molar-refractivity contribution < 1.29 is 0 Å². The molecule has 11 unspecified atom stereocenters. The molecule has 8 aliphatic carbocycles. The maximum absolute atomic E-state index is 3.33. The smallest absolute Gasteiger partial charge is 0.0121 e. The van der Waals surface area contributed by atoms with Gasteiger partial charge in [0.15, 0.2) is 0 Å². The van der Waals surface area contributed by atoms with Gasteiger partial charge in [0.05, 0.1) is 0 Å². The summed E-state index contributed by atoms with van der Waals surface area (Å²) < 4.78 is 0. The van der Waals surface area contributed by atoms with E-state index in [9.17, 15) is 0 Å². The Kier molecular flexibility index (Phi) is 25.8. The molecule has 0 amide bonds. The van der Waals surface area contributed by atoms with E-state index in [1.54, 1.807) is 0 Å². The van der Waals surface area contributed by atoms with Gasteiger partial charge in [-0.3, -0.25) is 0 Å². The van der Waals surface area contributed by atoms with Gasteiger partial charge in [0.25, 0.3) is 0 Å². The summed E-state index contributed by atoms with van der Waals surface area (Å²) in [5.74, 6) is 13.2. The van der Waals surface area contributed by atoms with Crippen molar-refractivity contribution in [2.45, 2.75) is 214 Å². The van der Waals surface area contributed by atoms with Crippen molar-refractivity contribution in [1.82, 2.24) is 40.9 Å². The minimum atomic E-state index is 0.814. The van der Waals surface area contributed by atoms with E-state index in [0.29, 0.717) is 0 Å². The van der Waals surface area contributed by atoms with Gasteiger partial charge in [-0.15, -0.1) is 0 Å². The Morgan fingerprint density at radius 3 is 1.13 bits per heavy atom. The van der Waals surface area contributed by atoms with Gasteiger partial charge in [0.2, 0.25) is 0 Å². The first-order valence-electron chi connectivity index (χ1n) is 30.8. The first-order valence-corrected chi connectivity index (χ1v) is 30.8. The van der Waals surface area contributed by atoms with E-state index in [2.05, 4.69) is 146 Å². The van der Waals surface area contributed by atoms with Crippen LogP contribution in [-0.2, 0) is 0 Å². The quantitative estimate of drug-likeness (QED) is 0.217. The molecule has 5 aliphatic heterocycles. The molecule has 13 fully saturated rings. The lowest BCUT2D eigenvalue weighted by molar-refractivity contribution is -0.0758. The molecule has 13 aliphatic rings. The predicted molar refractivity (Wildman–Crippen MR) is 306 cm³/mol. The molecule has 0 radical (unpaired) electrons. The number of fused-ring (bicyclic) bond motifs is 6. The van der Waals surface area contributed by atoms with Crippen LogP contribution >= 0.6 is 0 Å². The number of piperidine rings is 4. The summed E-state index contributed by atoms with van der Waals surface area (Å²) in [5.41, 5.74) is 0.814. The number of nitrogens with zero attached hydrogens (tertiary/aromatic N) is 4. The van der Waals surface area contributed by atoms with Gasteiger partial charge in [-0.05, 0) is 235 Å². The highest BCUT2D eigenvalue weighted by Gasteiger charge is 2.51. The van der Waals surface area contributed by atoms with Crippen LogP contribution in [-0.4, -0.2) is 152 Å². The second-order valence-electron chi connectivity index (χ2n) is 27.9. The summed E-state index contributed by atoms with van der Waals surface area (Å²) >= 11 is 0. The zero-order chi connectivity index (χ0) is 51.1. The normalized spacial score (nSPS) is 41.9. The Morgan fingerprint density at radius 1 is 0.429 bits per heavy atom. The van der Waals surface area contributed by atoms with Crippen LogP contribution in [0.25, 0.3) is 0 Å². The molecule has 8 saturated carbocycles. The van der Waals surface area contributed by atoms with Crippen molar-refractivity contribution in [2.75, 3.05) is 102 Å². The first kappa shape index (κ1) is 60.5. The molecule has 8 nitrogen and oxygen atoms in total. The molecular formula is C62H124N8. The number of rotatable bonds is 5. The lowest BCUT2D eigenvalue weighted by atomic mass is 9.58. The molecule has 5 saturated heterocycles. The standard InChI is InChI=1S/C9H17N.2C8H15N.3C8H17N.C7H13N.C6H13N/c1-7-5-8-3-4-9(7)10(2)6-8;1-7-3-8(4-7)5-9(2)6-8;1-6-3-7-4-8(6)9(2)5-7;3*1-7-4-3-5-8(6-7)9-2;1-5-6-3-8(2)4-7(5)6;1-5-3-6(5)4-7-2/h7-9H,3-6H2,1-2H3;7H,3-6H2,1-2H3;6-8H,3-5H2,1-2H3;3*7-9H,3-6H2,1-2H3;5-7H,3-4H2,1-2H3;5-7H,3-4H2,1-2H3/t;;;7-,8?;7-,8+;7-,8-;;/m...010../s1. The van der Waals surface area contributed by atoms with Crippen LogP contribution in [0.1, 0.15) is 184 Å². The van der Waals surface area contributed by atoms with Crippen molar-refractivity contribution in [3.05, 3.63) is 0 Å². The Hall–Kier alpha value is -0.320. The molecule has 1 spiro atoms. The third kappa shape index (κ3) is 19.7. The van der Waals surface area contributed by atoms with Crippen LogP contribution in [0.5, 0.6) is 0 Å². The maximum atomic E-state index is 3.33. The summed E-state index contributed by atoms with van der Waals surface area (Å²) in [4.78, 5) is 9.95. The molecular weight excluding hydrogens is 857 g/mol. The highest BCUT2D eigenvalue weighted by molar-refractivity contribution is 5.02. The summed E-state index contributed by atoms with van der Waals surface area (Å²) in [6, 6.07) is 4.30. The van der Waals surface area contributed by atoms with E-state index in [-0.39, 0.29) is 0 Å². The SMILES string of the molecule is CC1C2CN(C)CC12.CC1CC2(C1)CN(C)C2.CC1CC2CC1N(C)C2.CC1CC2CCC1N(C)C2.CNC1CCC[C@H](C)C1.CNCC1CC1C.CN[C@H]1CCC[C@@H](C)C1.CN[C@H]1CCC[C@H](C)C1. The van der Waals surface area contributed by atoms with E-state index < -0.39 is 0 Å². The largest absolute Gasteiger partial charge is 0.319 e. The van der Waals surface area contributed by atoms with Gasteiger partial charge >= 0.3 is 0 Å². The van der Waals surface area contributed by atoms with Crippen LogP contribution in [0.3, 0.4) is 0 Å². The van der Waals surface area contributed by atoms with Crippen molar-refractivity contribution in [2.24, 2.45) is 82.3 Å². The summed E-state index contributed by atoms with van der Waals surface area (Å²) in [6.07, 6.45) is 28.8. The third-order valence-electron chi connectivity index (χ3n) is 20.7. The van der Waals surface area contributed by atoms with Crippen molar-refractivity contribution in [3.63, 3.8) is 0 Å². The monoisotopic (exact) mass is 981 g/mol. The lowest BCUT2D eigenvalue weighted by Crippen LogP contribution is -2.60. The molecule has 0 aromatic heterocycles. The zero-order valence-corrected chi connectivity index (χ0v) is 49.8. The molecule has 8 heteroatoms. The summed E-state index contributed by atoms with van der Waals surface area (Å²) in [5, 5.41) is 13.2. The molecule has 0 aromatic carbocycles. The summed E-state index contributed by atoms with van der Waals surface area (Å²) in [6.45, 7) is 28.3. The van der Waals surface area contributed by atoms with E-state index in [4.69, 9.17) is 0 Å². The highest BCUT2D eigenvalue weighted by atomic mass is 15.2. The van der Waals surface area contributed by atoms with Crippen molar-refractivity contribution >= 4 is 0 Å². The van der Waals surface area contributed by atoms with E-state index >= 15 is 0 Å². The second kappa shape index (κ2) is 29.8. The van der Waals surface area contributed by atoms with Crippen LogP contribution in [0, 0.1) is 82.3 Å². The second-order valence-corrected chi connectivity index (χ2v) is 27.9. The average molecular weight is 982 g/mol. The van der Waals surface area contributed by atoms with E-state index in [1.807, 2.05) is 7.05 Å². The number of nitrogens with one attached hydrogen (secondary N) is 4. The minimum absolute atomic E-state index is 0.814. The molecule has 5 heterocycles. The van der Waals surface area contributed by atoms with Gasteiger partial charge in [0, 0.05) is 69.5 Å². The molecule has 4 bridgehead atoms. The van der Waals surface area contributed by atoms with Crippen LogP contribution < -0.4 is 21.3 Å². The molecule has 13 rings (SSSR count). The minimum Gasteiger partial charge on any atom is -0.319 e. The Morgan fingerprint density at radius 2 is 0.871 bits per heavy atom. The Bertz CT molecular complexity index is 1290. The first-order chi connectivity index (χ1) is 33.4. The number of hydrogen-bond donors (Lipinski definition) is 4. The fourth-order valence-corrected chi connectivity index (χ4v) is 16.4. The molecule has 70 heavy (non-hydrogen) atoms. The van der Waals surface area contributed by atoms with E-state index in [0.717, 1.165) is 113 Å². The van der Waals surface area contributed by atoms with Crippen LogP contribution in [0.15, 0.2) is 0 Å². The van der Waals surface area contributed by atoms with Gasteiger partial charge in [-0.25, -0.2) is 0 Å². The van der Waals surface area contributed by atoms with Gasteiger partial charge < -0.3 is 40.9 Å². The molecule has 16 atom stereocenters. The van der Waals surface area contributed by atoms with Crippen molar-refractivity contribution in [1.29, 1.82) is 0 Å². The van der Waals surface area contributed by atoms with Crippen molar-refractivity contribution in [3.8, 4) is 0 Å². The Balaban J connectivity index is 0.000000149. The van der Waals surface area contributed by atoms with Gasteiger partial charge in [-0.2, -0.15) is 0 Å². The maximum Gasteiger partial charge on any atom is 0.0121 e. The molecule has 4 N–H and O–H groups in total. The average Bonchev–Trinajstić information content (AvgIpc) is 3.88. The molecule has 0 aromatic rings. The fraction of sp³-hybridized carbons (Fsp3) is 1.00. The summed E-state index contributed by atoms with van der Waals surface area (Å²) in [7, 11) is 17.2.